The zero-order chi connectivity index (χ0) is 14.7. The Kier molecular flexibility index (Phi) is 4.47. The maximum absolute atomic E-state index is 11.3. The Morgan fingerprint density at radius 1 is 1.40 bits per heavy atom. The fourth-order valence-corrected chi connectivity index (χ4v) is 2.28. The van der Waals surface area contributed by atoms with Crippen molar-refractivity contribution in [1.29, 1.82) is 0 Å². The predicted molar refractivity (Wildman–Crippen MR) is 80.9 cm³/mol. The number of alkyl halides is 1. The van der Waals surface area contributed by atoms with Gasteiger partial charge in [0.1, 0.15) is 0 Å². The number of carboxylic acids is 1. The Morgan fingerprint density at radius 3 is 2.75 bits per heavy atom. The lowest BCUT2D eigenvalue weighted by Gasteiger charge is -2.17. The van der Waals surface area contributed by atoms with Crippen LogP contribution in [0.5, 0.6) is 0 Å². The van der Waals surface area contributed by atoms with Gasteiger partial charge in [-0.25, -0.2) is 4.79 Å². The molecule has 1 atom stereocenters. The van der Waals surface area contributed by atoms with Crippen molar-refractivity contribution in [3.8, 4) is 0 Å². The van der Waals surface area contributed by atoms with E-state index in [0.717, 1.165) is 16.5 Å². The Morgan fingerprint density at radius 2 is 2.10 bits per heavy atom. The molecule has 0 saturated carbocycles. The number of hydrogen-bond acceptors (Lipinski definition) is 3. The molecule has 5 heteroatoms. The number of benzene rings is 2. The van der Waals surface area contributed by atoms with Gasteiger partial charge in [0.15, 0.2) is 0 Å². The number of rotatable bonds is 5. The molecule has 0 aliphatic carbocycles. The molecule has 2 aromatic rings. The summed E-state index contributed by atoms with van der Waals surface area (Å²) in [5.74, 6) is -0.836. The van der Waals surface area contributed by atoms with Gasteiger partial charge in [-0.05, 0) is 23.9 Å². The van der Waals surface area contributed by atoms with E-state index >= 15 is 0 Å². The fraction of sp³-hybridized carbons (Fsp3) is 0.267. The van der Waals surface area contributed by atoms with Crippen LogP contribution in [0.1, 0.15) is 15.9 Å². The molecule has 0 amide bonds. The van der Waals surface area contributed by atoms with Crippen LogP contribution in [-0.2, 0) is 0 Å². The maximum atomic E-state index is 11.3. The SMILES string of the molecule is Cc1c(C(=O)O)cc2ccccc2c1NCC(O)CCl. The van der Waals surface area contributed by atoms with Gasteiger partial charge in [-0.15, -0.1) is 11.6 Å². The van der Waals surface area contributed by atoms with Gasteiger partial charge in [-0.3, -0.25) is 0 Å². The highest BCUT2D eigenvalue weighted by molar-refractivity contribution is 6.18. The molecule has 0 aliphatic heterocycles. The third-order valence-electron chi connectivity index (χ3n) is 3.23. The van der Waals surface area contributed by atoms with Gasteiger partial charge < -0.3 is 15.5 Å². The van der Waals surface area contributed by atoms with Gasteiger partial charge >= 0.3 is 5.97 Å². The summed E-state index contributed by atoms with van der Waals surface area (Å²) in [5.41, 5.74) is 1.63. The van der Waals surface area contributed by atoms with Crippen LogP contribution in [-0.4, -0.2) is 34.7 Å². The van der Waals surface area contributed by atoms with Crippen molar-refractivity contribution in [3.63, 3.8) is 0 Å². The highest BCUT2D eigenvalue weighted by Gasteiger charge is 2.15. The summed E-state index contributed by atoms with van der Waals surface area (Å²) in [6.45, 7) is 2.03. The Labute approximate surface area is 122 Å². The highest BCUT2D eigenvalue weighted by atomic mass is 35.5. The first kappa shape index (κ1) is 14.6. The molecule has 106 valence electrons. The van der Waals surface area contributed by atoms with Crippen molar-refractivity contribution >= 4 is 34.0 Å². The van der Waals surface area contributed by atoms with E-state index in [-0.39, 0.29) is 18.0 Å². The Balaban J connectivity index is 2.54. The number of carboxylic acid groups (broad SMARTS) is 1. The first-order valence-electron chi connectivity index (χ1n) is 6.28. The second-order valence-corrected chi connectivity index (χ2v) is 4.95. The first-order valence-corrected chi connectivity index (χ1v) is 6.81. The molecule has 0 radical (unpaired) electrons. The van der Waals surface area contributed by atoms with Crippen LogP contribution >= 0.6 is 11.6 Å². The molecule has 2 rings (SSSR count). The predicted octanol–water partition coefficient (Wildman–Crippen LogP) is 2.86. The number of aromatic carboxylic acids is 1. The van der Waals surface area contributed by atoms with E-state index in [2.05, 4.69) is 5.32 Å². The molecule has 4 nitrogen and oxygen atoms in total. The average Bonchev–Trinajstić information content (AvgIpc) is 2.45. The van der Waals surface area contributed by atoms with E-state index in [1.165, 1.54) is 0 Å². The topological polar surface area (TPSA) is 69.6 Å². The van der Waals surface area contributed by atoms with E-state index in [1.54, 1.807) is 13.0 Å². The third kappa shape index (κ3) is 2.86. The monoisotopic (exact) mass is 293 g/mol. The van der Waals surface area contributed by atoms with Crippen molar-refractivity contribution in [1.82, 2.24) is 0 Å². The summed E-state index contributed by atoms with van der Waals surface area (Å²) in [6.07, 6.45) is -0.677. The summed E-state index contributed by atoms with van der Waals surface area (Å²) in [7, 11) is 0. The summed E-state index contributed by atoms with van der Waals surface area (Å²) in [4.78, 5) is 11.3. The molecule has 0 saturated heterocycles. The minimum atomic E-state index is -0.964. The molecular formula is C15H16ClNO3. The number of hydrogen-bond donors (Lipinski definition) is 3. The number of anilines is 1. The van der Waals surface area contributed by atoms with Crippen molar-refractivity contribution in [2.75, 3.05) is 17.7 Å². The van der Waals surface area contributed by atoms with Crippen LogP contribution in [0.4, 0.5) is 5.69 Å². The lowest BCUT2D eigenvalue weighted by Crippen LogP contribution is -2.21. The molecule has 0 bridgehead atoms. The highest BCUT2D eigenvalue weighted by Crippen LogP contribution is 2.30. The van der Waals surface area contributed by atoms with Crippen molar-refractivity contribution in [3.05, 3.63) is 41.5 Å². The van der Waals surface area contributed by atoms with Crippen LogP contribution < -0.4 is 5.32 Å². The summed E-state index contributed by atoms with van der Waals surface area (Å²) in [5, 5.41) is 23.7. The van der Waals surface area contributed by atoms with Crippen LogP contribution in [0.2, 0.25) is 0 Å². The number of aliphatic hydroxyl groups is 1. The standard InChI is InChI=1S/C15H16ClNO3/c1-9-13(15(19)20)6-10-4-2-3-5-12(10)14(9)17-8-11(18)7-16/h2-6,11,17-18H,7-8H2,1H3,(H,19,20). The zero-order valence-electron chi connectivity index (χ0n) is 11.1. The molecule has 3 N–H and O–H groups in total. The van der Waals surface area contributed by atoms with Gasteiger partial charge in [-0.2, -0.15) is 0 Å². The molecule has 2 aromatic carbocycles. The van der Waals surface area contributed by atoms with Crippen LogP contribution in [0.25, 0.3) is 10.8 Å². The smallest absolute Gasteiger partial charge is 0.336 e. The fourth-order valence-electron chi connectivity index (χ4n) is 2.18. The van der Waals surface area contributed by atoms with Crippen LogP contribution in [0, 0.1) is 6.92 Å². The Bertz CT molecular complexity index is 642. The number of carbonyl (C=O) groups is 1. The third-order valence-corrected chi connectivity index (χ3v) is 3.59. The van der Waals surface area contributed by atoms with Crippen LogP contribution in [0.15, 0.2) is 30.3 Å². The lowest BCUT2D eigenvalue weighted by atomic mass is 9.99. The minimum Gasteiger partial charge on any atom is -0.478 e. The van der Waals surface area contributed by atoms with Crippen molar-refractivity contribution in [2.45, 2.75) is 13.0 Å². The molecule has 0 heterocycles. The number of fused-ring (bicyclic) bond motifs is 1. The normalized spacial score (nSPS) is 12.3. The molecule has 0 fully saturated rings. The molecule has 0 aliphatic rings. The van der Waals surface area contributed by atoms with Gasteiger partial charge in [0.05, 0.1) is 17.5 Å². The first-order chi connectivity index (χ1) is 9.54. The second-order valence-electron chi connectivity index (χ2n) is 4.64. The van der Waals surface area contributed by atoms with E-state index in [1.807, 2.05) is 24.3 Å². The van der Waals surface area contributed by atoms with E-state index in [9.17, 15) is 15.0 Å². The number of nitrogens with one attached hydrogen (secondary N) is 1. The zero-order valence-corrected chi connectivity index (χ0v) is 11.8. The van der Waals surface area contributed by atoms with Crippen LogP contribution in [0.3, 0.4) is 0 Å². The maximum Gasteiger partial charge on any atom is 0.336 e. The summed E-state index contributed by atoms with van der Waals surface area (Å²) >= 11 is 5.57. The van der Waals surface area contributed by atoms with Crippen molar-refractivity contribution in [2.24, 2.45) is 0 Å². The minimum absolute atomic E-state index is 0.128. The summed E-state index contributed by atoms with van der Waals surface area (Å²) in [6, 6.07) is 9.20. The Hall–Kier alpha value is -1.78. The number of aliphatic hydroxyl groups excluding tert-OH is 1. The second kappa shape index (κ2) is 6.11. The lowest BCUT2D eigenvalue weighted by molar-refractivity contribution is 0.0696. The molecule has 0 aromatic heterocycles. The molecular weight excluding hydrogens is 278 g/mol. The van der Waals surface area contributed by atoms with Gasteiger partial charge in [0.2, 0.25) is 0 Å². The molecule has 0 spiro atoms. The van der Waals surface area contributed by atoms with E-state index in [0.29, 0.717) is 5.56 Å². The molecule has 1 unspecified atom stereocenters. The number of halogens is 1. The largest absolute Gasteiger partial charge is 0.478 e. The van der Waals surface area contributed by atoms with E-state index < -0.39 is 12.1 Å². The van der Waals surface area contributed by atoms with Gasteiger partial charge in [-0.1, -0.05) is 24.3 Å². The average molecular weight is 294 g/mol. The summed E-state index contributed by atoms with van der Waals surface area (Å²) < 4.78 is 0. The van der Waals surface area contributed by atoms with E-state index in [4.69, 9.17) is 11.6 Å². The van der Waals surface area contributed by atoms with Gasteiger partial charge in [0.25, 0.3) is 0 Å². The van der Waals surface area contributed by atoms with Gasteiger partial charge in [0, 0.05) is 17.6 Å². The molecule has 20 heavy (non-hydrogen) atoms. The van der Waals surface area contributed by atoms with Crippen molar-refractivity contribution < 1.29 is 15.0 Å². The quantitative estimate of drug-likeness (QED) is 0.742.